The summed E-state index contributed by atoms with van der Waals surface area (Å²) in [5.74, 6) is 0. The fourth-order valence-electron chi connectivity index (χ4n) is 1.49. The molecule has 0 aromatic rings. The van der Waals surface area contributed by atoms with Gasteiger partial charge in [0.05, 0.1) is 0 Å². The molecule has 0 rings (SSSR count). The molecule has 0 nitrogen and oxygen atoms in total. The third kappa shape index (κ3) is 18.7. The number of hydrogen-bond acceptors (Lipinski definition) is 0. The van der Waals surface area contributed by atoms with Crippen LogP contribution in [0.5, 0.6) is 0 Å². The summed E-state index contributed by atoms with van der Waals surface area (Å²) >= 11 is 0. The van der Waals surface area contributed by atoms with E-state index in [0.29, 0.717) is 0 Å². The quantitative estimate of drug-likeness (QED) is 0.311. The van der Waals surface area contributed by atoms with Gasteiger partial charge in [-0.05, 0) is 0 Å². The summed E-state index contributed by atoms with van der Waals surface area (Å²) < 4.78 is 0. The molecule has 0 heterocycles. The average molecular weight is 212 g/mol. The zero-order valence-electron chi connectivity index (χ0n) is 10.2. The monoisotopic (exact) mass is 212 g/mol. The zero-order chi connectivity index (χ0) is 9.07. The van der Waals surface area contributed by atoms with E-state index >= 15 is 0 Å². The summed E-state index contributed by atoms with van der Waals surface area (Å²) in [5.41, 5.74) is 0. The summed E-state index contributed by atoms with van der Waals surface area (Å²) in [7, 11) is 0. The van der Waals surface area contributed by atoms with Crippen LogP contribution in [0.1, 0.15) is 71.1 Å². The van der Waals surface area contributed by atoms with Crippen molar-refractivity contribution in [2.45, 2.75) is 71.1 Å². The van der Waals surface area contributed by atoms with E-state index in [9.17, 15) is 0 Å². The number of rotatable bonds is 9. The molecular formula is C12H26FNa. The second-order valence-electron chi connectivity index (χ2n) is 3.68. The topological polar surface area (TPSA) is 0 Å². The van der Waals surface area contributed by atoms with Crippen molar-refractivity contribution in [2.24, 2.45) is 0 Å². The Morgan fingerprint density at radius 2 is 1.07 bits per heavy atom. The largest absolute Gasteiger partial charge is 1.00 e. The van der Waals surface area contributed by atoms with E-state index < -0.39 is 0 Å². The van der Waals surface area contributed by atoms with Crippen molar-refractivity contribution >= 4 is 0 Å². The van der Waals surface area contributed by atoms with Crippen molar-refractivity contribution in [3.05, 3.63) is 6.92 Å². The van der Waals surface area contributed by atoms with Gasteiger partial charge in [0.2, 0.25) is 0 Å². The van der Waals surface area contributed by atoms with Gasteiger partial charge in [-0.1, -0.05) is 64.7 Å². The molecule has 0 saturated heterocycles. The Kier molecular flexibility index (Phi) is 28.3. The van der Waals surface area contributed by atoms with E-state index in [1.54, 1.807) is 0 Å². The van der Waals surface area contributed by atoms with Crippen molar-refractivity contribution in [3.8, 4) is 0 Å². The molecule has 0 unspecified atom stereocenters. The van der Waals surface area contributed by atoms with Crippen LogP contribution in [-0.4, -0.2) is 0 Å². The molecule has 0 aliphatic rings. The molecule has 0 aliphatic carbocycles. The Hall–Kier alpha value is 0.930. The standard InChI is InChI=1S/C12H25.FH.Na/c1-3-5-7-9-11-12-10-8-6-4-2;;/h1,3-12H2,2H3;1H;/q-1;;+1. The molecule has 0 radical (unpaired) electrons. The van der Waals surface area contributed by atoms with Gasteiger partial charge in [0, 0.05) is 0 Å². The third-order valence-electron chi connectivity index (χ3n) is 2.35. The number of hydrogen-bond donors (Lipinski definition) is 0. The van der Waals surface area contributed by atoms with Crippen molar-refractivity contribution in [3.63, 3.8) is 0 Å². The van der Waals surface area contributed by atoms with Gasteiger partial charge in [-0.15, -0.1) is 0 Å². The summed E-state index contributed by atoms with van der Waals surface area (Å²) in [5, 5.41) is 0. The van der Waals surface area contributed by atoms with E-state index in [0.717, 1.165) is 6.42 Å². The Bertz CT molecular complexity index is 66.7. The third-order valence-corrected chi connectivity index (χ3v) is 2.35. The van der Waals surface area contributed by atoms with Gasteiger partial charge in [0.15, 0.2) is 0 Å². The second kappa shape index (κ2) is 19.5. The van der Waals surface area contributed by atoms with E-state index in [1.807, 2.05) is 0 Å². The Labute approximate surface area is 112 Å². The van der Waals surface area contributed by atoms with Crippen LogP contribution in [-0.2, 0) is 0 Å². The maximum atomic E-state index is 3.84. The smallest absolute Gasteiger partial charge is 0.343 e. The molecule has 0 fully saturated rings. The molecule has 14 heavy (non-hydrogen) atoms. The Balaban J connectivity index is -0.000000605. The van der Waals surface area contributed by atoms with E-state index in [1.165, 1.54) is 57.8 Å². The molecule has 0 amide bonds. The van der Waals surface area contributed by atoms with Crippen LogP contribution in [0.15, 0.2) is 0 Å². The fourth-order valence-corrected chi connectivity index (χ4v) is 1.49. The number of halogens is 1. The van der Waals surface area contributed by atoms with Crippen molar-refractivity contribution in [2.75, 3.05) is 0 Å². The first kappa shape index (κ1) is 20.4. The predicted molar refractivity (Wildman–Crippen MR) is 59.7 cm³/mol. The predicted octanol–water partition coefficient (Wildman–Crippen LogP) is 1.90. The Morgan fingerprint density at radius 1 is 0.714 bits per heavy atom. The van der Waals surface area contributed by atoms with E-state index in [4.69, 9.17) is 0 Å². The Morgan fingerprint density at radius 3 is 1.43 bits per heavy atom. The van der Waals surface area contributed by atoms with Crippen LogP contribution in [0, 0.1) is 6.92 Å². The van der Waals surface area contributed by atoms with Crippen LogP contribution in [0.25, 0.3) is 0 Å². The van der Waals surface area contributed by atoms with Crippen LogP contribution in [0.4, 0.5) is 4.70 Å². The van der Waals surface area contributed by atoms with Crippen LogP contribution < -0.4 is 29.6 Å². The zero-order valence-corrected chi connectivity index (χ0v) is 12.2. The van der Waals surface area contributed by atoms with Crippen LogP contribution >= 0.6 is 0 Å². The minimum absolute atomic E-state index is 0. The summed E-state index contributed by atoms with van der Waals surface area (Å²) in [6.07, 6.45) is 13.9. The van der Waals surface area contributed by atoms with Crippen LogP contribution in [0.3, 0.4) is 0 Å². The van der Waals surface area contributed by atoms with Gasteiger partial charge in [-0.2, -0.15) is 6.42 Å². The SMILES string of the molecule is F.[CH2-]CCCCCCCCCCC.[Na+]. The maximum Gasteiger partial charge on any atom is 1.00 e. The molecule has 0 aromatic carbocycles. The first-order chi connectivity index (χ1) is 5.91. The van der Waals surface area contributed by atoms with Crippen molar-refractivity contribution < 1.29 is 34.3 Å². The molecule has 0 aromatic heterocycles. The molecule has 0 atom stereocenters. The summed E-state index contributed by atoms with van der Waals surface area (Å²) in [6.45, 7) is 6.12. The molecule has 82 valence electrons. The molecule has 2 heteroatoms. The molecule has 0 aliphatic heterocycles. The molecule has 0 bridgehead atoms. The molecule has 0 saturated carbocycles. The molecular weight excluding hydrogens is 186 g/mol. The average Bonchev–Trinajstić information content (AvgIpc) is 2.10. The normalized spacial score (nSPS) is 9.00. The van der Waals surface area contributed by atoms with Gasteiger partial charge in [0.25, 0.3) is 0 Å². The van der Waals surface area contributed by atoms with Gasteiger partial charge in [-0.25, -0.2) is 0 Å². The van der Waals surface area contributed by atoms with Crippen LogP contribution in [0.2, 0.25) is 0 Å². The molecule has 0 spiro atoms. The minimum Gasteiger partial charge on any atom is -0.343 e. The fraction of sp³-hybridized carbons (Fsp3) is 0.917. The van der Waals surface area contributed by atoms with Crippen molar-refractivity contribution in [1.82, 2.24) is 0 Å². The van der Waals surface area contributed by atoms with E-state index in [-0.39, 0.29) is 34.3 Å². The minimum atomic E-state index is 0. The van der Waals surface area contributed by atoms with Crippen molar-refractivity contribution in [1.29, 1.82) is 0 Å². The van der Waals surface area contributed by atoms with E-state index in [2.05, 4.69) is 13.8 Å². The molecule has 0 N–H and O–H groups in total. The summed E-state index contributed by atoms with van der Waals surface area (Å²) in [4.78, 5) is 0. The van der Waals surface area contributed by atoms with Gasteiger partial charge >= 0.3 is 29.6 Å². The van der Waals surface area contributed by atoms with Gasteiger partial charge in [-0.3, -0.25) is 4.70 Å². The van der Waals surface area contributed by atoms with Gasteiger partial charge < -0.3 is 6.92 Å². The summed E-state index contributed by atoms with van der Waals surface area (Å²) in [6, 6.07) is 0. The number of unbranched alkanes of at least 4 members (excludes halogenated alkanes) is 9. The first-order valence-electron chi connectivity index (χ1n) is 5.71. The second-order valence-corrected chi connectivity index (χ2v) is 3.68. The van der Waals surface area contributed by atoms with Gasteiger partial charge in [0.1, 0.15) is 0 Å². The first-order valence-corrected chi connectivity index (χ1v) is 5.71. The maximum absolute atomic E-state index is 3.84.